The Balaban J connectivity index is 3.02. The van der Waals surface area contributed by atoms with Gasteiger partial charge in [0.25, 0.3) is 18.9 Å². The van der Waals surface area contributed by atoms with E-state index in [2.05, 4.69) is 11.7 Å². The number of aliphatic hydroxyl groups is 2. The van der Waals surface area contributed by atoms with Crippen LogP contribution in [0.15, 0.2) is 34.5 Å². The van der Waals surface area contributed by atoms with E-state index in [-0.39, 0.29) is 0 Å². The van der Waals surface area contributed by atoms with Crippen molar-refractivity contribution < 1.29 is 38.0 Å². The van der Waals surface area contributed by atoms with Crippen LogP contribution in [0.3, 0.4) is 0 Å². The first kappa shape index (κ1) is 27.9. The third-order valence-electron chi connectivity index (χ3n) is 3.96. The second kappa shape index (κ2) is 11.6. The van der Waals surface area contributed by atoms with Gasteiger partial charge in [0.15, 0.2) is 6.23 Å². The van der Waals surface area contributed by atoms with Crippen LogP contribution in [0, 0.1) is 0 Å². The molecule has 0 aromatic carbocycles. The van der Waals surface area contributed by atoms with Crippen LogP contribution < -0.4 is 16.3 Å². The Bertz CT molecular complexity index is 950. The van der Waals surface area contributed by atoms with Gasteiger partial charge in [-0.3, -0.25) is 23.7 Å². The monoisotopic (exact) mass is 481 g/mol. The predicted octanol–water partition coefficient (Wildman–Crippen LogP) is 0.0260. The maximum atomic E-state index is 15.5. The Morgan fingerprint density at radius 3 is 2.56 bits per heavy atom. The molecule has 14 heteroatoms. The number of nitrogens with zero attached hydrogens (tertiary/aromatic N) is 1. The molecule has 1 heterocycles. The molecule has 0 aliphatic heterocycles. The van der Waals surface area contributed by atoms with Gasteiger partial charge in [-0.25, -0.2) is 14.3 Å². The van der Waals surface area contributed by atoms with Gasteiger partial charge in [-0.1, -0.05) is 6.08 Å². The average Bonchev–Trinajstić information content (AvgIpc) is 2.69. The SMILES string of the molecule is C=C[C@H](O)[C@@](F)(COP(C)(=O)N[C@@H](C)C(=O)OC(C)C)O[C@H](CO)n1ccc(=O)[nH]c1=O. The number of rotatable bonds is 13. The van der Waals surface area contributed by atoms with Crippen LogP contribution in [-0.4, -0.2) is 69.7 Å². The first-order valence-electron chi connectivity index (χ1n) is 9.54. The Morgan fingerprint density at radius 1 is 1.44 bits per heavy atom. The first-order valence-corrected chi connectivity index (χ1v) is 11.6. The molecule has 0 spiro atoms. The highest BCUT2D eigenvalue weighted by molar-refractivity contribution is 7.56. The molecule has 12 nitrogen and oxygen atoms in total. The van der Waals surface area contributed by atoms with E-state index in [4.69, 9.17) is 14.0 Å². The molecule has 0 bridgehead atoms. The maximum Gasteiger partial charge on any atom is 0.330 e. The number of hydrogen-bond donors (Lipinski definition) is 4. The van der Waals surface area contributed by atoms with Crippen LogP contribution in [0.2, 0.25) is 0 Å². The third kappa shape index (κ3) is 8.08. The fourth-order valence-electron chi connectivity index (χ4n) is 2.41. The summed E-state index contributed by atoms with van der Waals surface area (Å²) in [6, 6.07) is -0.118. The molecular weight excluding hydrogens is 452 g/mol. The van der Waals surface area contributed by atoms with E-state index in [1.165, 1.54) is 6.92 Å². The van der Waals surface area contributed by atoms with Crippen LogP contribution >= 0.6 is 7.52 Å². The Labute approximate surface area is 183 Å². The van der Waals surface area contributed by atoms with Crippen molar-refractivity contribution in [2.24, 2.45) is 0 Å². The number of ether oxygens (including phenoxy) is 2. The van der Waals surface area contributed by atoms with Gasteiger partial charge in [-0.2, -0.15) is 0 Å². The molecule has 1 rings (SSSR count). The molecule has 0 fully saturated rings. The molecule has 0 saturated carbocycles. The van der Waals surface area contributed by atoms with Crippen molar-refractivity contribution in [1.29, 1.82) is 0 Å². The van der Waals surface area contributed by atoms with Crippen molar-refractivity contribution >= 4 is 13.5 Å². The summed E-state index contributed by atoms with van der Waals surface area (Å²) in [5, 5.41) is 22.0. The van der Waals surface area contributed by atoms with Crippen LogP contribution in [0.5, 0.6) is 0 Å². The van der Waals surface area contributed by atoms with Crippen molar-refractivity contribution in [3.05, 3.63) is 45.8 Å². The summed E-state index contributed by atoms with van der Waals surface area (Å²) < 4.78 is 44.0. The van der Waals surface area contributed by atoms with Crippen molar-refractivity contribution in [2.45, 2.75) is 51.1 Å². The van der Waals surface area contributed by atoms with E-state index in [0.717, 1.165) is 25.0 Å². The van der Waals surface area contributed by atoms with Gasteiger partial charge in [0, 0.05) is 18.9 Å². The number of alkyl halides is 1. The van der Waals surface area contributed by atoms with Gasteiger partial charge >= 0.3 is 11.7 Å². The Morgan fingerprint density at radius 2 is 2.06 bits per heavy atom. The molecule has 1 aromatic rings. The van der Waals surface area contributed by atoms with Gasteiger partial charge in [0.1, 0.15) is 18.8 Å². The largest absolute Gasteiger partial charge is 0.462 e. The minimum atomic E-state index is -3.83. The van der Waals surface area contributed by atoms with Crippen LogP contribution in [0.1, 0.15) is 27.0 Å². The summed E-state index contributed by atoms with van der Waals surface area (Å²) in [7, 11) is -3.83. The second-order valence-electron chi connectivity index (χ2n) is 7.19. The summed E-state index contributed by atoms with van der Waals surface area (Å²) in [6.45, 7) is 6.89. The van der Waals surface area contributed by atoms with E-state index >= 15 is 4.39 Å². The second-order valence-corrected chi connectivity index (χ2v) is 9.40. The third-order valence-corrected chi connectivity index (χ3v) is 5.43. The van der Waals surface area contributed by atoms with E-state index in [1.807, 2.05) is 4.98 Å². The van der Waals surface area contributed by atoms with Gasteiger partial charge in [0.2, 0.25) is 0 Å². The summed E-state index contributed by atoms with van der Waals surface area (Å²) in [6.07, 6.45) is -2.41. The van der Waals surface area contributed by atoms with Crippen LogP contribution in [-0.2, 0) is 23.4 Å². The van der Waals surface area contributed by atoms with Crippen molar-refractivity contribution in [1.82, 2.24) is 14.6 Å². The van der Waals surface area contributed by atoms with E-state index in [0.29, 0.717) is 4.57 Å². The molecule has 0 saturated heterocycles. The number of carbonyl (C=O) groups excluding carboxylic acids is 1. The summed E-state index contributed by atoms with van der Waals surface area (Å²) >= 11 is 0. The molecular formula is C18H29FN3O9P. The molecule has 5 atom stereocenters. The highest BCUT2D eigenvalue weighted by Crippen LogP contribution is 2.41. The molecule has 0 radical (unpaired) electrons. The van der Waals surface area contributed by atoms with Gasteiger partial charge in [-0.15, -0.1) is 6.58 Å². The number of H-pyrrole nitrogens is 1. The lowest BCUT2D eigenvalue weighted by Gasteiger charge is -2.33. The molecule has 32 heavy (non-hydrogen) atoms. The number of nitrogens with one attached hydrogen (secondary N) is 2. The molecule has 0 amide bonds. The average molecular weight is 481 g/mol. The minimum Gasteiger partial charge on any atom is -0.462 e. The van der Waals surface area contributed by atoms with Crippen molar-refractivity contribution in [2.75, 3.05) is 19.9 Å². The zero-order chi connectivity index (χ0) is 24.7. The number of esters is 1. The molecule has 4 N–H and O–H groups in total. The first-order chi connectivity index (χ1) is 14.7. The Kier molecular flexibility index (Phi) is 10.1. The standard InChI is InChI=1S/C18H29FN3O9P/c1-6-13(24)18(19,31-15(9-23)22-8-7-14(25)20-17(22)27)10-29-32(5,28)21-12(4)16(26)30-11(2)3/h6-8,11-13,15,23-24H,1,9-10H2,2-5H3,(H,21,28)(H,20,25,27)/t12-,13-,15+,18+,32?/m0/s1. The van der Waals surface area contributed by atoms with Gasteiger partial charge < -0.3 is 24.2 Å². The quantitative estimate of drug-likeness (QED) is 0.171. The fraction of sp³-hybridized carbons (Fsp3) is 0.611. The van der Waals surface area contributed by atoms with Gasteiger partial charge in [-0.05, 0) is 20.8 Å². The normalized spacial score (nSPS) is 18.2. The number of aliphatic hydroxyl groups excluding tert-OH is 2. The summed E-state index contributed by atoms with van der Waals surface area (Å²) in [5.41, 5.74) is -1.74. The Hall–Kier alpha value is -2.15. The maximum absolute atomic E-state index is 15.5. The highest BCUT2D eigenvalue weighted by atomic mass is 31.2. The number of aromatic amines is 1. The van der Waals surface area contributed by atoms with E-state index < -0.39 is 68.3 Å². The van der Waals surface area contributed by atoms with Crippen LogP contribution in [0.4, 0.5) is 4.39 Å². The van der Waals surface area contributed by atoms with Crippen molar-refractivity contribution in [3.63, 3.8) is 0 Å². The van der Waals surface area contributed by atoms with E-state index in [1.54, 1.807) is 13.8 Å². The molecule has 1 aromatic heterocycles. The molecule has 1 unspecified atom stereocenters. The lowest BCUT2D eigenvalue weighted by molar-refractivity contribution is -0.257. The zero-order valence-electron chi connectivity index (χ0n) is 18.2. The van der Waals surface area contributed by atoms with Crippen LogP contribution in [0.25, 0.3) is 0 Å². The molecule has 0 aliphatic rings. The topological polar surface area (TPSA) is 169 Å². The number of hydrogen-bond acceptors (Lipinski definition) is 9. The fourth-order valence-corrected chi connectivity index (χ4v) is 3.72. The lowest BCUT2D eigenvalue weighted by atomic mass is 10.2. The highest BCUT2D eigenvalue weighted by Gasteiger charge is 2.43. The van der Waals surface area contributed by atoms with E-state index in [9.17, 15) is 29.2 Å². The molecule has 182 valence electrons. The number of carbonyl (C=O) groups is 1. The smallest absolute Gasteiger partial charge is 0.330 e. The molecule has 0 aliphatic carbocycles. The number of aromatic nitrogens is 2. The van der Waals surface area contributed by atoms with Crippen molar-refractivity contribution in [3.8, 4) is 0 Å². The predicted molar refractivity (Wildman–Crippen MR) is 112 cm³/mol. The lowest BCUT2D eigenvalue weighted by Crippen LogP contribution is -2.48. The van der Waals surface area contributed by atoms with Gasteiger partial charge in [0.05, 0.1) is 12.7 Å². The summed E-state index contributed by atoms with van der Waals surface area (Å²) in [5.74, 6) is -3.84. The minimum absolute atomic E-state index is 0.412. The zero-order valence-corrected chi connectivity index (χ0v) is 19.1. The summed E-state index contributed by atoms with van der Waals surface area (Å²) in [4.78, 5) is 36.9. The number of halogens is 1.